The largest absolute Gasteiger partial charge is 0.493 e. The number of rotatable bonds is 4. The second kappa shape index (κ2) is 5.84. The molecule has 0 saturated carbocycles. The van der Waals surface area contributed by atoms with Gasteiger partial charge in [0.05, 0.1) is 17.9 Å². The zero-order chi connectivity index (χ0) is 16.5. The second-order valence-electron chi connectivity index (χ2n) is 5.67. The van der Waals surface area contributed by atoms with Gasteiger partial charge in [-0.15, -0.1) is 0 Å². The Morgan fingerprint density at radius 1 is 1.19 bits per heavy atom. The molecule has 0 heterocycles. The molecule has 1 rings (SSSR count). The number of nitrogens with two attached hydrogens (primary N) is 1. The molecule has 21 heavy (non-hydrogen) atoms. The standard InChI is InChI=1S/C13H18F3NO3S/c1-12(2,3)10-8-9(21(17,18)19)4-5-11(10)20-7-6-13(14,15)16/h4-5,8H,6-7H2,1-3H3,(H2,17,18,19). The average Bonchev–Trinajstić information content (AvgIpc) is 2.24. The Hall–Kier alpha value is -1.28. The van der Waals surface area contributed by atoms with Gasteiger partial charge in [0.15, 0.2) is 0 Å². The molecule has 0 aliphatic carbocycles. The summed E-state index contributed by atoms with van der Waals surface area (Å²) < 4.78 is 64.3. The van der Waals surface area contributed by atoms with Crippen molar-refractivity contribution in [2.75, 3.05) is 6.61 Å². The maximum atomic E-state index is 12.1. The third-order valence-electron chi connectivity index (χ3n) is 2.73. The lowest BCUT2D eigenvalue weighted by molar-refractivity contribution is -0.139. The molecule has 1 aromatic carbocycles. The number of hydrogen-bond acceptors (Lipinski definition) is 3. The smallest absolute Gasteiger partial charge is 0.392 e. The van der Waals surface area contributed by atoms with E-state index in [-0.39, 0.29) is 10.6 Å². The molecular formula is C13H18F3NO3S. The van der Waals surface area contributed by atoms with Crippen molar-refractivity contribution in [3.05, 3.63) is 23.8 Å². The minimum atomic E-state index is -4.30. The highest BCUT2D eigenvalue weighted by atomic mass is 32.2. The molecule has 8 heteroatoms. The molecule has 0 aromatic heterocycles. The normalized spacial score (nSPS) is 13.3. The van der Waals surface area contributed by atoms with E-state index in [0.717, 1.165) is 0 Å². The Labute approximate surface area is 122 Å². The van der Waals surface area contributed by atoms with Crippen molar-refractivity contribution < 1.29 is 26.3 Å². The van der Waals surface area contributed by atoms with Gasteiger partial charge in [-0.2, -0.15) is 13.2 Å². The molecule has 0 aliphatic heterocycles. The number of alkyl halides is 3. The maximum absolute atomic E-state index is 12.1. The molecule has 0 bridgehead atoms. The van der Waals surface area contributed by atoms with Crippen LogP contribution in [0.1, 0.15) is 32.8 Å². The van der Waals surface area contributed by atoms with Crippen molar-refractivity contribution in [2.45, 2.75) is 43.7 Å². The first-order valence-electron chi connectivity index (χ1n) is 6.17. The molecule has 120 valence electrons. The van der Waals surface area contributed by atoms with Crippen molar-refractivity contribution in [2.24, 2.45) is 5.14 Å². The summed E-state index contributed by atoms with van der Waals surface area (Å²) in [6, 6.07) is 3.88. The molecule has 0 aliphatic rings. The van der Waals surface area contributed by atoms with Gasteiger partial charge in [0.2, 0.25) is 10.0 Å². The molecule has 0 atom stereocenters. The van der Waals surface area contributed by atoms with Crippen LogP contribution in [0.5, 0.6) is 5.75 Å². The molecular weight excluding hydrogens is 307 g/mol. The van der Waals surface area contributed by atoms with E-state index in [1.54, 1.807) is 20.8 Å². The highest BCUT2D eigenvalue weighted by Gasteiger charge is 2.28. The highest BCUT2D eigenvalue weighted by molar-refractivity contribution is 7.89. The fraction of sp³-hybridized carbons (Fsp3) is 0.538. The first-order valence-corrected chi connectivity index (χ1v) is 7.72. The van der Waals surface area contributed by atoms with E-state index in [2.05, 4.69) is 0 Å². The lowest BCUT2D eigenvalue weighted by atomic mass is 9.86. The molecule has 0 unspecified atom stereocenters. The minimum Gasteiger partial charge on any atom is -0.493 e. The lowest BCUT2D eigenvalue weighted by Crippen LogP contribution is -2.19. The van der Waals surface area contributed by atoms with Crippen LogP contribution in [0.15, 0.2) is 23.1 Å². The molecule has 0 fully saturated rings. The molecule has 4 nitrogen and oxygen atoms in total. The van der Waals surface area contributed by atoms with Crippen LogP contribution in [-0.4, -0.2) is 21.2 Å². The van der Waals surface area contributed by atoms with Crippen molar-refractivity contribution in [3.63, 3.8) is 0 Å². The first kappa shape index (κ1) is 17.8. The number of benzene rings is 1. The molecule has 1 aromatic rings. The van der Waals surface area contributed by atoms with Crippen LogP contribution in [0, 0.1) is 0 Å². The monoisotopic (exact) mass is 325 g/mol. The quantitative estimate of drug-likeness (QED) is 0.925. The van der Waals surface area contributed by atoms with Crippen LogP contribution in [0.25, 0.3) is 0 Å². The fourth-order valence-electron chi connectivity index (χ4n) is 1.67. The maximum Gasteiger partial charge on any atom is 0.392 e. The van der Waals surface area contributed by atoms with Gasteiger partial charge in [0.25, 0.3) is 0 Å². The Morgan fingerprint density at radius 2 is 1.76 bits per heavy atom. The molecule has 0 amide bonds. The van der Waals surface area contributed by atoms with Crippen LogP contribution < -0.4 is 9.88 Å². The molecule has 0 saturated heterocycles. The summed E-state index contributed by atoms with van der Waals surface area (Å²) in [4.78, 5) is -0.101. The zero-order valence-electron chi connectivity index (χ0n) is 12.0. The van der Waals surface area contributed by atoms with Crippen LogP contribution in [0.3, 0.4) is 0 Å². The van der Waals surface area contributed by atoms with Crippen LogP contribution >= 0.6 is 0 Å². The number of hydrogen-bond donors (Lipinski definition) is 1. The zero-order valence-corrected chi connectivity index (χ0v) is 12.8. The number of primary sulfonamides is 1. The average molecular weight is 325 g/mol. The van der Waals surface area contributed by atoms with E-state index < -0.39 is 34.6 Å². The highest BCUT2D eigenvalue weighted by Crippen LogP contribution is 2.33. The molecule has 0 spiro atoms. The van der Waals surface area contributed by atoms with Gasteiger partial charge in [0, 0.05) is 5.56 Å². The van der Waals surface area contributed by atoms with Crippen molar-refractivity contribution >= 4 is 10.0 Å². The topological polar surface area (TPSA) is 69.4 Å². The summed E-state index contributed by atoms with van der Waals surface area (Å²) >= 11 is 0. The predicted octanol–water partition coefficient (Wildman–Crippen LogP) is 2.96. The molecule has 2 N–H and O–H groups in total. The van der Waals surface area contributed by atoms with E-state index in [1.807, 2.05) is 0 Å². The van der Waals surface area contributed by atoms with Gasteiger partial charge in [-0.25, -0.2) is 13.6 Å². The Balaban J connectivity index is 3.10. The predicted molar refractivity (Wildman–Crippen MR) is 72.7 cm³/mol. The summed E-state index contributed by atoms with van der Waals surface area (Å²) in [5.41, 5.74) is -0.0231. The summed E-state index contributed by atoms with van der Waals surface area (Å²) in [6.07, 6.45) is -5.38. The fourth-order valence-corrected chi connectivity index (χ4v) is 2.21. The Kier molecular flexibility index (Phi) is 4.94. The van der Waals surface area contributed by atoms with Gasteiger partial charge < -0.3 is 4.74 Å². The summed E-state index contributed by atoms with van der Waals surface area (Å²) in [6.45, 7) is 4.87. The summed E-state index contributed by atoms with van der Waals surface area (Å²) in [7, 11) is -3.88. The summed E-state index contributed by atoms with van der Waals surface area (Å²) in [5.74, 6) is 0.221. The van der Waals surface area contributed by atoms with E-state index in [9.17, 15) is 21.6 Å². The van der Waals surface area contributed by atoms with Crippen molar-refractivity contribution in [1.29, 1.82) is 0 Å². The Morgan fingerprint density at radius 3 is 2.19 bits per heavy atom. The number of sulfonamides is 1. The van der Waals surface area contributed by atoms with Crippen LogP contribution in [0.4, 0.5) is 13.2 Å². The minimum absolute atomic E-state index is 0.101. The number of ether oxygens (including phenoxy) is 1. The van der Waals surface area contributed by atoms with Crippen LogP contribution in [0.2, 0.25) is 0 Å². The van der Waals surface area contributed by atoms with Crippen molar-refractivity contribution in [3.8, 4) is 5.75 Å². The van der Waals surface area contributed by atoms with Gasteiger partial charge >= 0.3 is 6.18 Å². The van der Waals surface area contributed by atoms with E-state index in [1.165, 1.54) is 18.2 Å². The third kappa shape index (κ3) is 5.55. The first-order chi connectivity index (χ1) is 9.31. The van der Waals surface area contributed by atoms with E-state index in [4.69, 9.17) is 9.88 Å². The van der Waals surface area contributed by atoms with Crippen molar-refractivity contribution in [1.82, 2.24) is 0 Å². The molecule has 0 radical (unpaired) electrons. The Bertz CT molecular complexity index is 604. The summed E-state index contributed by atoms with van der Waals surface area (Å²) in [5, 5.41) is 5.06. The lowest BCUT2D eigenvalue weighted by Gasteiger charge is -2.23. The second-order valence-corrected chi connectivity index (χ2v) is 7.23. The number of halogens is 3. The van der Waals surface area contributed by atoms with Gasteiger partial charge in [-0.3, -0.25) is 0 Å². The van der Waals surface area contributed by atoms with Gasteiger partial charge in [-0.1, -0.05) is 20.8 Å². The SMILES string of the molecule is CC(C)(C)c1cc(S(N)(=O)=O)ccc1OCCC(F)(F)F. The van der Waals surface area contributed by atoms with Gasteiger partial charge in [0.1, 0.15) is 5.75 Å². The van der Waals surface area contributed by atoms with Gasteiger partial charge in [-0.05, 0) is 23.6 Å². The van der Waals surface area contributed by atoms with E-state index in [0.29, 0.717) is 5.56 Å². The van der Waals surface area contributed by atoms with E-state index >= 15 is 0 Å². The third-order valence-corrected chi connectivity index (χ3v) is 3.64. The van der Waals surface area contributed by atoms with Crippen LogP contribution in [-0.2, 0) is 15.4 Å².